The van der Waals surface area contributed by atoms with Gasteiger partial charge in [0.05, 0.1) is 5.54 Å². The first-order chi connectivity index (χ1) is 7.49. The van der Waals surface area contributed by atoms with Gasteiger partial charge in [0.2, 0.25) is 5.91 Å². The second-order valence-corrected chi connectivity index (χ2v) is 4.05. The predicted octanol–water partition coefficient (Wildman–Crippen LogP) is 0.183. The van der Waals surface area contributed by atoms with Crippen molar-refractivity contribution in [3.05, 3.63) is 35.9 Å². The van der Waals surface area contributed by atoms with Gasteiger partial charge in [-0.2, -0.15) is 0 Å². The van der Waals surface area contributed by atoms with E-state index in [4.69, 9.17) is 11.5 Å². The van der Waals surface area contributed by atoms with Crippen LogP contribution in [-0.2, 0) is 11.2 Å². The van der Waals surface area contributed by atoms with Crippen LogP contribution in [0, 0.1) is 0 Å². The van der Waals surface area contributed by atoms with Crippen molar-refractivity contribution < 1.29 is 9.90 Å². The first kappa shape index (κ1) is 12.7. The minimum absolute atomic E-state index is 0.425. The van der Waals surface area contributed by atoms with E-state index in [9.17, 15) is 9.90 Å². The Labute approximate surface area is 95.3 Å². The number of amides is 1. The van der Waals surface area contributed by atoms with E-state index in [1.54, 1.807) is 0 Å². The lowest BCUT2D eigenvalue weighted by Crippen LogP contribution is -2.57. The molecule has 5 N–H and O–H groups in total. The smallest absolute Gasteiger partial charge is 0.248 e. The summed E-state index contributed by atoms with van der Waals surface area (Å²) in [5, 5.41) is 9.71. The van der Waals surface area contributed by atoms with Gasteiger partial charge in [-0.1, -0.05) is 37.3 Å². The minimum Gasteiger partial charge on any atom is -0.381 e. The molecule has 0 heterocycles. The Bertz CT molecular complexity index is 353. The molecule has 1 aromatic rings. The van der Waals surface area contributed by atoms with Crippen LogP contribution in [0.15, 0.2) is 30.3 Å². The zero-order valence-corrected chi connectivity index (χ0v) is 9.39. The van der Waals surface area contributed by atoms with Gasteiger partial charge in [0.25, 0.3) is 0 Å². The molecule has 4 heteroatoms. The Kier molecular flexibility index (Phi) is 4.04. The summed E-state index contributed by atoms with van der Waals surface area (Å²) in [5.74, 6) is -0.778. The number of rotatable bonds is 5. The van der Waals surface area contributed by atoms with Crippen molar-refractivity contribution in [2.75, 3.05) is 0 Å². The number of carbonyl (C=O) groups excluding carboxylic acids is 1. The van der Waals surface area contributed by atoms with Gasteiger partial charge in [0.1, 0.15) is 0 Å². The summed E-state index contributed by atoms with van der Waals surface area (Å²) in [4.78, 5) is 11.0. The third kappa shape index (κ3) is 2.81. The molecule has 1 aromatic carbocycles. The minimum atomic E-state index is -1.32. The quantitative estimate of drug-likeness (QED) is 0.664. The molecule has 0 bridgehead atoms. The van der Waals surface area contributed by atoms with Crippen LogP contribution < -0.4 is 11.5 Å². The van der Waals surface area contributed by atoms with E-state index in [0.717, 1.165) is 5.56 Å². The van der Waals surface area contributed by atoms with Crippen LogP contribution in [0.4, 0.5) is 0 Å². The zero-order chi connectivity index (χ0) is 12.2. The second-order valence-electron chi connectivity index (χ2n) is 4.05. The Morgan fingerprint density at radius 2 is 2.00 bits per heavy atom. The Balaban J connectivity index is 2.86. The third-order valence-electron chi connectivity index (χ3n) is 2.85. The molecular weight excluding hydrogens is 204 g/mol. The molecule has 0 aliphatic carbocycles. The molecule has 88 valence electrons. The van der Waals surface area contributed by atoms with Crippen LogP contribution in [0.2, 0.25) is 0 Å². The summed E-state index contributed by atoms with van der Waals surface area (Å²) < 4.78 is 0. The van der Waals surface area contributed by atoms with Crippen LogP contribution in [0.1, 0.15) is 18.9 Å². The van der Waals surface area contributed by atoms with Gasteiger partial charge >= 0.3 is 0 Å². The number of benzene rings is 1. The number of primary amides is 1. The zero-order valence-electron chi connectivity index (χ0n) is 9.39. The van der Waals surface area contributed by atoms with Crippen LogP contribution in [0.3, 0.4) is 0 Å². The normalized spacial score (nSPS) is 16.4. The molecule has 0 aliphatic heterocycles. The highest BCUT2D eigenvalue weighted by Gasteiger charge is 2.35. The van der Waals surface area contributed by atoms with Gasteiger partial charge in [0.15, 0.2) is 6.10 Å². The first-order valence-corrected chi connectivity index (χ1v) is 5.30. The van der Waals surface area contributed by atoms with Gasteiger partial charge in [-0.15, -0.1) is 0 Å². The number of aliphatic hydroxyl groups excluding tert-OH is 1. The molecular formula is C12H18N2O2. The SMILES string of the molecule is CCC(N)(Cc1ccccc1)C(O)C(N)=O. The summed E-state index contributed by atoms with van der Waals surface area (Å²) in [7, 11) is 0. The van der Waals surface area contributed by atoms with E-state index >= 15 is 0 Å². The summed E-state index contributed by atoms with van der Waals surface area (Å²) in [5.41, 5.74) is 11.1. The van der Waals surface area contributed by atoms with Crippen molar-refractivity contribution in [3.63, 3.8) is 0 Å². The van der Waals surface area contributed by atoms with Gasteiger partial charge in [-0.3, -0.25) is 4.79 Å². The fourth-order valence-corrected chi connectivity index (χ4v) is 1.67. The first-order valence-electron chi connectivity index (χ1n) is 5.30. The molecule has 0 radical (unpaired) electrons. The summed E-state index contributed by atoms with van der Waals surface area (Å²) >= 11 is 0. The number of aliphatic hydroxyl groups is 1. The second kappa shape index (κ2) is 5.09. The topological polar surface area (TPSA) is 89.3 Å². The van der Waals surface area contributed by atoms with Crippen molar-refractivity contribution in [1.82, 2.24) is 0 Å². The maximum atomic E-state index is 11.0. The highest BCUT2D eigenvalue weighted by atomic mass is 16.3. The summed E-state index contributed by atoms with van der Waals surface area (Å²) in [6.07, 6.45) is -0.418. The Morgan fingerprint density at radius 3 is 2.44 bits per heavy atom. The molecule has 1 rings (SSSR count). The van der Waals surface area contributed by atoms with Crippen molar-refractivity contribution >= 4 is 5.91 Å². The predicted molar refractivity (Wildman–Crippen MR) is 62.6 cm³/mol. The molecule has 0 aromatic heterocycles. The molecule has 16 heavy (non-hydrogen) atoms. The van der Waals surface area contributed by atoms with Gasteiger partial charge in [-0.05, 0) is 18.4 Å². The van der Waals surface area contributed by atoms with E-state index in [-0.39, 0.29) is 0 Å². The molecule has 2 atom stereocenters. The van der Waals surface area contributed by atoms with Crippen LogP contribution in [0.25, 0.3) is 0 Å². The lowest BCUT2D eigenvalue weighted by molar-refractivity contribution is -0.129. The van der Waals surface area contributed by atoms with E-state index in [2.05, 4.69) is 0 Å². The van der Waals surface area contributed by atoms with Crippen LogP contribution in [-0.4, -0.2) is 22.7 Å². The van der Waals surface area contributed by atoms with Crippen LogP contribution in [0.5, 0.6) is 0 Å². The fourth-order valence-electron chi connectivity index (χ4n) is 1.67. The average Bonchev–Trinajstić information content (AvgIpc) is 2.29. The lowest BCUT2D eigenvalue weighted by atomic mass is 9.83. The summed E-state index contributed by atoms with van der Waals surface area (Å²) in [6, 6.07) is 9.50. The molecule has 4 nitrogen and oxygen atoms in total. The average molecular weight is 222 g/mol. The van der Waals surface area contributed by atoms with Crippen molar-refractivity contribution in [1.29, 1.82) is 0 Å². The Morgan fingerprint density at radius 1 is 1.44 bits per heavy atom. The highest BCUT2D eigenvalue weighted by molar-refractivity contribution is 5.80. The maximum Gasteiger partial charge on any atom is 0.248 e. The van der Waals surface area contributed by atoms with E-state index in [1.165, 1.54) is 0 Å². The molecule has 0 saturated heterocycles. The fraction of sp³-hybridized carbons (Fsp3) is 0.417. The van der Waals surface area contributed by atoms with E-state index in [1.807, 2.05) is 37.3 Å². The number of carbonyl (C=O) groups is 1. The number of hydrogen-bond donors (Lipinski definition) is 3. The summed E-state index contributed by atoms with van der Waals surface area (Å²) in [6.45, 7) is 1.83. The lowest BCUT2D eigenvalue weighted by Gasteiger charge is -2.31. The van der Waals surface area contributed by atoms with Gasteiger partial charge in [0, 0.05) is 0 Å². The molecule has 0 spiro atoms. The molecule has 2 unspecified atom stereocenters. The monoisotopic (exact) mass is 222 g/mol. The van der Waals surface area contributed by atoms with Crippen LogP contribution >= 0.6 is 0 Å². The largest absolute Gasteiger partial charge is 0.381 e. The van der Waals surface area contributed by atoms with Gasteiger partial charge < -0.3 is 16.6 Å². The van der Waals surface area contributed by atoms with Crippen molar-refractivity contribution in [2.45, 2.75) is 31.4 Å². The van der Waals surface area contributed by atoms with Crippen molar-refractivity contribution in [3.8, 4) is 0 Å². The van der Waals surface area contributed by atoms with Gasteiger partial charge in [-0.25, -0.2) is 0 Å². The third-order valence-corrected chi connectivity index (χ3v) is 2.85. The highest BCUT2D eigenvalue weighted by Crippen LogP contribution is 2.18. The number of hydrogen-bond acceptors (Lipinski definition) is 3. The van der Waals surface area contributed by atoms with E-state index in [0.29, 0.717) is 12.8 Å². The molecule has 0 aliphatic rings. The van der Waals surface area contributed by atoms with Crippen molar-refractivity contribution in [2.24, 2.45) is 11.5 Å². The molecule has 1 amide bonds. The molecule has 0 saturated carbocycles. The van der Waals surface area contributed by atoms with E-state index < -0.39 is 17.6 Å². The number of nitrogens with two attached hydrogens (primary N) is 2. The maximum absolute atomic E-state index is 11.0. The standard InChI is InChI=1S/C12H18N2O2/c1-2-12(14,10(15)11(13)16)8-9-6-4-3-5-7-9/h3-7,10,15H,2,8,14H2,1H3,(H2,13,16). The Hall–Kier alpha value is -1.39. The molecule has 0 fully saturated rings.